The number of thioether (sulfide) groups is 1. The molecule has 0 saturated carbocycles. The summed E-state index contributed by atoms with van der Waals surface area (Å²) in [6, 6.07) is 0. The first-order chi connectivity index (χ1) is 7.45. The van der Waals surface area contributed by atoms with E-state index in [4.69, 9.17) is 18.9 Å². The topological polar surface area (TPSA) is 36.9 Å². The third-order valence-electron chi connectivity index (χ3n) is 2.79. The largest absolute Gasteiger partial charge is 0.350 e. The molecule has 4 nitrogen and oxygen atoms in total. The van der Waals surface area contributed by atoms with Crippen LogP contribution in [0.15, 0.2) is 11.5 Å². The Balaban J connectivity index is 1.67. The molecule has 2 fully saturated rings. The predicted molar refractivity (Wildman–Crippen MR) is 55.4 cm³/mol. The van der Waals surface area contributed by atoms with Crippen LogP contribution in [0.1, 0.15) is 0 Å². The van der Waals surface area contributed by atoms with Crippen molar-refractivity contribution in [2.24, 2.45) is 5.92 Å². The second-order valence-electron chi connectivity index (χ2n) is 3.73. The average molecular weight is 230 g/mol. The molecule has 2 unspecified atom stereocenters. The van der Waals surface area contributed by atoms with Crippen molar-refractivity contribution in [2.45, 2.75) is 17.8 Å². The van der Waals surface area contributed by atoms with E-state index >= 15 is 0 Å². The van der Waals surface area contributed by atoms with Gasteiger partial charge in [-0.1, -0.05) is 6.08 Å². The van der Waals surface area contributed by atoms with Gasteiger partial charge < -0.3 is 18.9 Å². The molecule has 0 aliphatic carbocycles. The summed E-state index contributed by atoms with van der Waals surface area (Å²) in [5.41, 5.74) is 0. The van der Waals surface area contributed by atoms with Gasteiger partial charge in [0.05, 0.1) is 31.7 Å². The highest BCUT2D eigenvalue weighted by Gasteiger charge is 2.41. The van der Waals surface area contributed by atoms with Crippen molar-refractivity contribution in [3.05, 3.63) is 11.5 Å². The van der Waals surface area contributed by atoms with Crippen molar-refractivity contribution in [1.29, 1.82) is 0 Å². The van der Waals surface area contributed by atoms with E-state index in [-0.39, 0.29) is 23.7 Å². The highest BCUT2D eigenvalue weighted by molar-refractivity contribution is 8.03. The molecule has 0 aromatic heterocycles. The monoisotopic (exact) mass is 230 g/mol. The smallest absolute Gasteiger partial charge is 0.170 e. The molecule has 3 aliphatic rings. The zero-order chi connectivity index (χ0) is 10.1. The highest BCUT2D eigenvalue weighted by atomic mass is 32.2. The fraction of sp³-hybridized carbons (Fsp3) is 0.800. The second kappa shape index (κ2) is 4.43. The van der Waals surface area contributed by atoms with Crippen molar-refractivity contribution < 1.29 is 18.9 Å². The predicted octanol–water partition coefficient (Wildman–Crippen LogP) is 0.977. The van der Waals surface area contributed by atoms with Gasteiger partial charge in [0.15, 0.2) is 12.6 Å². The van der Waals surface area contributed by atoms with Crippen LogP contribution in [-0.2, 0) is 18.9 Å². The summed E-state index contributed by atoms with van der Waals surface area (Å²) in [5, 5.41) is 2.36. The van der Waals surface area contributed by atoms with Crippen LogP contribution >= 0.6 is 11.8 Å². The summed E-state index contributed by atoms with van der Waals surface area (Å²) in [6.45, 7) is 2.78. The van der Waals surface area contributed by atoms with Crippen LogP contribution in [0.2, 0.25) is 0 Å². The molecule has 2 atom stereocenters. The first-order valence-electron chi connectivity index (χ1n) is 5.24. The van der Waals surface area contributed by atoms with Crippen molar-refractivity contribution >= 4 is 11.8 Å². The molecule has 0 spiro atoms. The van der Waals surface area contributed by atoms with Crippen LogP contribution in [0.5, 0.6) is 0 Å². The van der Waals surface area contributed by atoms with Gasteiger partial charge in [-0.25, -0.2) is 0 Å². The first-order valence-corrected chi connectivity index (χ1v) is 6.18. The Morgan fingerprint density at radius 1 is 0.867 bits per heavy atom. The summed E-state index contributed by atoms with van der Waals surface area (Å²) in [4.78, 5) is 0. The van der Waals surface area contributed by atoms with Crippen molar-refractivity contribution in [1.82, 2.24) is 0 Å². The quantitative estimate of drug-likeness (QED) is 0.706. The molecule has 3 rings (SSSR count). The third kappa shape index (κ3) is 1.94. The maximum atomic E-state index is 5.53. The van der Waals surface area contributed by atoms with Gasteiger partial charge >= 0.3 is 0 Å². The number of rotatable bonds is 2. The molecule has 5 heteroatoms. The molecule has 0 bridgehead atoms. The zero-order valence-corrected chi connectivity index (χ0v) is 9.15. The van der Waals surface area contributed by atoms with Crippen molar-refractivity contribution in [2.75, 3.05) is 26.4 Å². The van der Waals surface area contributed by atoms with E-state index in [9.17, 15) is 0 Å². The fourth-order valence-corrected chi connectivity index (χ4v) is 3.22. The Kier molecular flexibility index (Phi) is 2.98. The molecular formula is C10H14O4S. The second-order valence-corrected chi connectivity index (χ2v) is 4.82. The average Bonchev–Trinajstić information content (AvgIpc) is 3.01. The van der Waals surface area contributed by atoms with E-state index in [0.717, 1.165) is 0 Å². The van der Waals surface area contributed by atoms with Crippen molar-refractivity contribution in [3.63, 3.8) is 0 Å². The lowest BCUT2D eigenvalue weighted by Gasteiger charge is -2.26. The Bertz CT molecular complexity index is 246. The molecule has 0 aromatic rings. The van der Waals surface area contributed by atoms with E-state index in [1.165, 1.54) is 0 Å². The van der Waals surface area contributed by atoms with E-state index in [1.807, 2.05) is 0 Å². The minimum absolute atomic E-state index is 0.109. The maximum absolute atomic E-state index is 5.53. The van der Waals surface area contributed by atoms with E-state index in [1.54, 1.807) is 11.8 Å². The lowest BCUT2D eigenvalue weighted by Crippen LogP contribution is -2.35. The Morgan fingerprint density at radius 3 is 2.13 bits per heavy atom. The summed E-state index contributed by atoms with van der Waals surface area (Å²) in [7, 11) is 0. The summed E-state index contributed by atoms with van der Waals surface area (Å²) in [5.74, 6) is 0.251. The molecule has 3 heterocycles. The lowest BCUT2D eigenvalue weighted by molar-refractivity contribution is -0.104. The van der Waals surface area contributed by atoms with Gasteiger partial charge in [0, 0.05) is 5.92 Å². The van der Waals surface area contributed by atoms with E-state index in [0.29, 0.717) is 26.4 Å². The normalized spacial score (nSPS) is 38.1. The van der Waals surface area contributed by atoms with Crippen LogP contribution in [0, 0.1) is 5.92 Å². The van der Waals surface area contributed by atoms with Gasteiger partial charge in [-0.05, 0) is 5.41 Å². The van der Waals surface area contributed by atoms with Gasteiger partial charge in [0.25, 0.3) is 0 Å². The summed E-state index contributed by atoms with van der Waals surface area (Å²) < 4.78 is 22.1. The zero-order valence-electron chi connectivity index (χ0n) is 8.33. The van der Waals surface area contributed by atoms with Gasteiger partial charge in [0.2, 0.25) is 0 Å². The van der Waals surface area contributed by atoms with Gasteiger partial charge in [-0.15, -0.1) is 11.8 Å². The highest BCUT2D eigenvalue weighted by Crippen LogP contribution is 2.38. The number of ether oxygens (including phenoxy) is 4. The van der Waals surface area contributed by atoms with E-state index < -0.39 is 0 Å². The standard InChI is InChI=1S/C10H14O4S/c1-6-15-8(10-13-4-5-14-10)7(1)9-11-2-3-12-9/h1,6-10H,2-5H2. The minimum atomic E-state index is -0.117. The van der Waals surface area contributed by atoms with Crippen LogP contribution < -0.4 is 0 Å². The Labute approximate surface area is 92.9 Å². The summed E-state index contributed by atoms with van der Waals surface area (Å²) in [6.07, 6.45) is 1.91. The molecule has 15 heavy (non-hydrogen) atoms. The van der Waals surface area contributed by atoms with Crippen LogP contribution in [0.3, 0.4) is 0 Å². The van der Waals surface area contributed by atoms with Gasteiger partial charge in [0.1, 0.15) is 0 Å². The van der Waals surface area contributed by atoms with Crippen molar-refractivity contribution in [3.8, 4) is 0 Å². The molecule has 2 saturated heterocycles. The molecule has 0 aromatic carbocycles. The molecular weight excluding hydrogens is 216 g/mol. The molecule has 0 radical (unpaired) electrons. The Hall–Kier alpha value is -0.0700. The van der Waals surface area contributed by atoms with Crippen LogP contribution in [0.25, 0.3) is 0 Å². The SMILES string of the molecule is C1=CC(C2OCCO2)C(C2OCCO2)S1. The van der Waals surface area contributed by atoms with Crippen LogP contribution in [-0.4, -0.2) is 44.3 Å². The Morgan fingerprint density at radius 2 is 1.47 bits per heavy atom. The molecule has 0 amide bonds. The van der Waals surface area contributed by atoms with Crippen LogP contribution in [0.4, 0.5) is 0 Å². The van der Waals surface area contributed by atoms with E-state index in [2.05, 4.69) is 11.5 Å². The molecule has 3 aliphatic heterocycles. The molecule has 0 N–H and O–H groups in total. The number of hydrogen-bond donors (Lipinski definition) is 0. The first kappa shape index (κ1) is 10.1. The summed E-state index contributed by atoms with van der Waals surface area (Å²) >= 11 is 1.74. The van der Waals surface area contributed by atoms with Gasteiger partial charge in [-0.3, -0.25) is 0 Å². The maximum Gasteiger partial charge on any atom is 0.170 e. The molecule has 84 valence electrons. The third-order valence-corrected chi connectivity index (χ3v) is 3.96. The number of hydrogen-bond acceptors (Lipinski definition) is 5. The van der Waals surface area contributed by atoms with Gasteiger partial charge in [-0.2, -0.15) is 0 Å². The minimum Gasteiger partial charge on any atom is -0.350 e. The fourth-order valence-electron chi connectivity index (χ4n) is 2.08. The lowest BCUT2D eigenvalue weighted by atomic mass is 10.0.